The van der Waals surface area contributed by atoms with Crippen LogP contribution in [0.1, 0.15) is 0 Å². The van der Waals surface area contributed by atoms with Gasteiger partial charge in [0.2, 0.25) is 0 Å². The Kier molecular flexibility index (Phi) is 3.39. The standard InChI is InChI=1S/C15H10ClFN2O/c16-11-2-1-3-14(8-11)20-15-9-18-19(10-15)13-6-4-12(17)5-7-13/h1-10H. The molecule has 0 radical (unpaired) electrons. The first-order valence-corrected chi connectivity index (χ1v) is 6.32. The summed E-state index contributed by atoms with van der Waals surface area (Å²) < 4.78 is 20.1. The molecule has 0 spiro atoms. The summed E-state index contributed by atoms with van der Waals surface area (Å²) in [6.45, 7) is 0. The summed E-state index contributed by atoms with van der Waals surface area (Å²) in [5.41, 5.74) is 0.757. The Morgan fingerprint density at radius 3 is 2.60 bits per heavy atom. The van der Waals surface area contributed by atoms with E-state index in [1.807, 2.05) is 6.07 Å². The van der Waals surface area contributed by atoms with E-state index >= 15 is 0 Å². The van der Waals surface area contributed by atoms with Gasteiger partial charge in [-0.2, -0.15) is 5.10 Å². The zero-order valence-electron chi connectivity index (χ0n) is 10.3. The van der Waals surface area contributed by atoms with Crippen molar-refractivity contribution in [3.63, 3.8) is 0 Å². The predicted molar refractivity (Wildman–Crippen MR) is 75.0 cm³/mol. The molecule has 100 valence electrons. The molecule has 2 aromatic carbocycles. The maximum atomic E-state index is 12.9. The smallest absolute Gasteiger partial charge is 0.165 e. The van der Waals surface area contributed by atoms with Crippen LogP contribution in [0.3, 0.4) is 0 Å². The average molecular weight is 289 g/mol. The molecule has 1 heterocycles. The molecule has 5 heteroatoms. The number of halogens is 2. The molecule has 20 heavy (non-hydrogen) atoms. The predicted octanol–water partition coefficient (Wildman–Crippen LogP) is 4.46. The van der Waals surface area contributed by atoms with Gasteiger partial charge in [0.15, 0.2) is 5.75 Å². The van der Waals surface area contributed by atoms with Crippen molar-refractivity contribution >= 4 is 11.6 Å². The van der Waals surface area contributed by atoms with Crippen molar-refractivity contribution in [2.45, 2.75) is 0 Å². The van der Waals surface area contributed by atoms with E-state index in [4.69, 9.17) is 16.3 Å². The fourth-order valence-corrected chi connectivity index (χ4v) is 1.94. The minimum Gasteiger partial charge on any atom is -0.454 e. The Hall–Kier alpha value is -2.33. The highest BCUT2D eigenvalue weighted by molar-refractivity contribution is 6.30. The number of rotatable bonds is 3. The van der Waals surface area contributed by atoms with Gasteiger partial charge in [0.05, 0.1) is 18.1 Å². The molecule has 0 saturated carbocycles. The molecule has 0 atom stereocenters. The van der Waals surface area contributed by atoms with E-state index in [2.05, 4.69) is 5.10 Å². The van der Waals surface area contributed by atoms with Crippen molar-refractivity contribution < 1.29 is 9.13 Å². The van der Waals surface area contributed by atoms with E-state index in [9.17, 15) is 4.39 Å². The highest BCUT2D eigenvalue weighted by Gasteiger charge is 2.04. The van der Waals surface area contributed by atoms with Crippen LogP contribution in [0.2, 0.25) is 5.02 Å². The summed E-state index contributed by atoms with van der Waals surface area (Å²) in [5, 5.41) is 4.78. The van der Waals surface area contributed by atoms with Gasteiger partial charge in [-0.05, 0) is 42.5 Å². The Morgan fingerprint density at radius 2 is 1.85 bits per heavy atom. The number of nitrogens with zero attached hydrogens (tertiary/aromatic N) is 2. The van der Waals surface area contributed by atoms with E-state index in [1.54, 1.807) is 47.4 Å². The first kappa shape index (κ1) is 12.7. The third-order valence-corrected chi connectivity index (χ3v) is 2.92. The Balaban J connectivity index is 1.82. The maximum absolute atomic E-state index is 12.9. The van der Waals surface area contributed by atoms with Gasteiger partial charge in [0.1, 0.15) is 11.6 Å². The van der Waals surface area contributed by atoms with Crippen molar-refractivity contribution in [2.24, 2.45) is 0 Å². The third kappa shape index (κ3) is 2.81. The molecule has 1 aromatic heterocycles. The lowest BCUT2D eigenvalue weighted by atomic mass is 10.3. The monoisotopic (exact) mass is 288 g/mol. The summed E-state index contributed by atoms with van der Waals surface area (Å²) in [5.74, 6) is 0.934. The first-order chi connectivity index (χ1) is 9.70. The zero-order chi connectivity index (χ0) is 13.9. The topological polar surface area (TPSA) is 27.1 Å². The van der Waals surface area contributed by atoms with Crippen LogP contribution in [0, 0.1) is 5.82 Å². The van der Waals surface area contributed by atoms with Gasteiger partial charge in [0, 0.05) is 5.02 Å². The maximum Gasteiger partial charge on any atom is 0.165 e. The lowest BCUT2D eigenvalue weighted by Gasteiger charge is -2.02. The largest absolute Gasteiger partial charge is 0.454 e. The second-order valence-electron chi connectivity index (χ2n) is 4.16. The summed E-state index contributed by atoms with van der Waals surface area (Å²) in [6, 6.07) is 13.2. The molecule has 0 aliphatic carbocycles. The molecule has 0 aliphatic rings. The molecular weight excluding hydrogens is 279 g/mol. The number of ether oxygens (including phenoxy) is 1. The van der Waals surface area contributed by atoms with Crippen LogP contribution in [0.15, 0.2) is 60.9 Å². The summed E-state index contributed by atoms with van der Waals surface area (Å²) in [4.78, 5) is 0. The summed E-state index contributed by atoms with van der Waals surface area (Å²) in [6.07, 6.45) is 3.30. The van der Waals surface area contributed by atoms with Gasteiger partial charge >= 0.3 is 0 Å². The second kappa shape index (κ2) is 5.35. The molecular formula is C15H10ClFN2O. The first-order valence-electron chi connectivity index (χ1n) is 5.95. The molecule has 0 saturated heterocycles. The van der Waals surface area contributed by atoms with E-state index in [0.717, 1.165) is 5.69 Å². The number of benzene rings is 2. The lowest BCUT2D eigenvalue weighted by molar-refractivity contribution is 0.482. The molecule has 0 aliphatic heterocycles. The number of aromatic nitrogens is 2. The van der Waals surface area contributed by atoms with E-state index in [0.29, 0.717) is 16.5 Å². The van der Waals surface area contributed by atoms with Crippen LogP contribution < -0.4 is 4.74 Å². The SMILES string of the molecule is Fc1ccc(-n2cc(Oc3cccc(Cl)c3)cn2)cc1. The van der Waals surface area contributed by atoms with Crippen LogP contribution >= 0.6 is 11.6 Å². The van der Waals surface area contributed by atoms with Crippen molar-refractivity contribution in [2.75, 3.05) is 0 Å². The highest BCUT2D eigenvalue weighted by Crippen LogP contribution is 2.24. The van der Waals surface area contributed by atoms with Gasteiger partial charge in [0.25, 0.3) is 0 Å². The lowest BCUT2D eigenvalue weighted by Crippen LogP contribution is -1.93. The fraction of sp³-hybridized carbons (Fsp3) is 0. The van der Waals surface area contributed by atoms with Crippen molar-refractivity contribution in [3.05, 3.63) is 71.8 Å². The zero-order valence-corrected chi connectivity index (χ0v) is 11.1. The van der Waals surface area contributed by atoms with Crippen LogP contribution in [0.5, 0.6) is 11.5 Å². The molecule has 0 amide bonds. The van der Waals surface area contributed by atoms with Gasteiger partial charge in [-0.25, -0.2) is 9.07 Å². The minimum atomic E-state index is -0.281. The Morgan fingerprint density at radius 1 is 1.05 bits per heavy atom. The summed E-state index contributed by atoms with van der Waals surface area (Å²) in [7, 11) is 0. The van der Waals surface area contributed by atoms with Gasteiger partial charge in [-0.1, -0.05) is 17.7 Å². The normalized spacial score (nSPS) is 10.5. The second-order valence-corrected chi connectivity index (χ2v) is 4.59. The van der Waals surface area contributed by atoms with E-state index in [-0.39, 0.29) is 5.82 Å². The molecule has 0 fully saturated rings. The average Bonchev–Trinajstić information content (AvgIpc) is 2.88. The third-order valence-electron chi connectivity index (χ3n) is 2.68. The molecule has 3 nitrogen and oxygen atoms in total. The van der Waals surface area contributed by atoms with Crippen LogP contribution in [-0.2, 0) is 0 Å². The Bertz CT molecular complexity index is 725. The quantitative estimate of drug-likeness (QED) is 0.711. The fourth-order valence-electron chi connectivity index (χ4n) is 1.76. The number of hydrogen-bond acceptors (Lipinski definition) is 2. The van der Waals surface area contributed by atoms with Crippen molar-refractivity contribution in [1.29, 1.82) is 0 Å². The molecule has 0 N–H and O–H groups in total. The van der Waals surface area contributed by atoms with E-state index in [1.165, 1.54) is 12.1 Å². The molecule has 0 bridgehead atoms. The summed E-state index contributed by atoms with van der Waals surface area (Å²) >= 11 is 5.89. The van der Waals surface area contributed by atoms with Crippen LogP contribution in [0.25, 0.3) is 5.69 Å². The minimum absolute atomic E-state index is 0.281. The van der Waals surface area contributed by atoms with Gasteiger partial charge < -0.3 is 4.74 Å². The van der Waals surface area contributed by atoms with Crippen LogP contribution in [0.4, 0.5) is 4.39 Å². The van der Waals surface area contributed by atoms with Crippen LogP contribution in [-0.4, -0.2) is 9.78 Å². The van der Waals surface area contributed by atoms with E-state index < -0.39 is 0 Å². The number of hydrogen-bond donors (Lipinski definition) is 0. The van der Waals surface area contributed by atoms with Gasteiger partial charge in [-0.3, -0.25) is 0 Å². The van der Waals surface area contributed by atoms with Crippen molar-refractivity contribution in [3.8, 4) is 17.2 Å². The van der Waals surface area contributed by atoms with Crippen molar-refractivity contribution in [1.82, 2.24) is 9.78 Å². The molecule has 3 rings (SSSR count). The molecule has 3 aromatic rings. The molecule has 0 unspecified atom stereocenters. The Labute approximate surface area is 120 Å². The highest BCUT2D eigenvalue weighted by atomic mass is 35.5. The van der Waals surface area contributed by atoms with Gasteiger partial charge in [-0.15, -0.1) is 0 Å².